The van der Waals surface area contributed by atoms with Gasteiger partial charge in [0.1, 0.15) is 5.75 Å². The smallest absolute Gasteiger partial charge is 0.387 e. The highest BCUT2D eigenvalue weighted by Crippen LogP contribution is 2.38. The Hall–Kier alpha value is -2.45. The van der Waals surface area contributed by atoms with E-state index in [1.165, 1.54) is 34.7 Å². The van der Waals surface area contributed by atoms with E-state index in [0.717, 1.165) is 4.90 Å². The zero-order valence-electron chi connectivity index (χ0n) is 13.9. The number of hydrogen-bond acceptors (Lipinski definition) is 5. The Morgan fingerprint density at radius 2 is 1.96 bits per heavy atom. The highest BCUT2D eigenvalue weighted by molar-refractivity contribution is 8.01. The number of nitrogens with one attached hydrogen (secondary N) is 1. The number of thiazole rings is 1. The molecule has 138 valence electrons. The van der Waals surface area contributed by atoms with Crippen molar-refractivity contribution in [2.24, 2.45) is 0 Å². The Kier molecular flexibility index (Phi) is 5.09. The molecule has 2 aromatic carbocycles. The number of thioether (sulfide) groups is 1. The van der Waals surface area contributed by atoms with Crippen LogP contribution in [0.25, 0.3) is 11.3 Å². The van der Waals surface area contributed by atoms with Crippen LogP contribution in [0.15, 0.2) is 58.8 Å². The van der Waals surface area contributed by atoms with Gasteiger partial charge >= 0.3 is 6.61 Å². The van der Waals surface area contributed by atoms with Crippen molar-refractivity contribution in [3.05, 3.63) is 59.5 Å². The van der Waals surface area contributed by atoms with E-state index in [2.05, 4.69) is 15.0 Å². The fourth-order valence-corrected chi connectivity index (χ4v) is 4.75. The molecule has 27 heavy (non-hydrogen) atoms. The Morgan fingerprint density at radius 3 is 2.78 bits per heavy atom. The molecule has 0 aliphatic carbocycles. The second-order valence-corrected chi connectivity index (χ2v) is 7.92. The second-order valence-electron chi connectivity index (χ2n) is 5.82. The lowest BCUT2D eigenvalue weighted by molar-refractivity contribution is -0.115. The zero-order valence-corrected chi connectivity index (χ0v) is 15.5. The minimum atomic E-state index is -2.91. The summed E-state index contributed by atoms with van der Waals surface area (Å²) in [5.74, 6) is -0.0632. The first-order valence-electron chi connectivity index (χ1n) is 8.15. The summed E-state index contributed by atoms with van der Waals surface area (Å²) in [5.41, 5.74) is 2.10. The molecular formula is C19H14F2N2O2S2. The number of halogens is 2. The van der Waals surface area contributed by atoms with Gasteiger partial charge in [0.15, 0.2) is 5.13 Å². The summed E-state index contributed by atoms with van der Waals surface area (Å²) in [4.78, 5) is 18.0. The lowest BCUT2D eigenvalue weighted by atomic mass is 10.1. The lowest BCUT2D eigenvalue weighted by Gasteiger charge is -2.09. The Bertz CT molecular complexity index is 953. The Morgan fingerprint density at radius 1 is 1.19 bits per heavy atom. The number of ether oxygens (including phenoxy) is 1. The minimum absolute atomic E-state index is 0.0532. The average molecular weight is 404 g/mol. The first-order chi connectivity index (χ1) is 13.1. The average Bonchev–Trinajstić information content (AvgIpc) is 3.28. The number of para-hydroxylation sites is 1. The number of fused-ring (bicyclic) bond motifs is 1. The molecule has 1 aliphatic heterocycles. The summed E-state index contributed by atoms with van der Waals surface area (Å²) >= 11 is 2.79. The van der Waals surface area contributed by atoms with Crippen LogP contribution >= 0.6 is 23.1 Å². The third-order valence-corrected chi connectivity index (χ3v) is 6.13. The fraction of sp³-hybridized carbons (Fsp3) is 0.158. The number of aromatic nitrogens is 1. The number of carbonyl (C=O) groups excluding carboxylic acids is 1. The molecule has 1 amide bonds. The summed E-state index contributed by atoms with van der Waals surface area (Å²) in [7, 11) is 0. The van der Waals surface area contributed by atoms with Crippen LogP contribution < -0.4 is 10.1 Å². The van der Waals surface area contributed by atoms with Crippen molar-refractivity contribution < 1.29 is 18.3 Å². The van der Waals surface area contributed by atoms with Crippen molar-refractivity contribution in [2.45, 2.75) is 23.2 Å². The molecule has 0 saturated heterocycles. The molecule has 2 heterocycles. The van der Waals surface area contributed by atoms with Gasteiger partial charge in [0.25, 0.3) is 0 Å². The normalized spacial score (nSPS) is 15.6. The molecule has 8 heteroatoms. The standard InChI is InChI=1S/C19H14F2N2O2S2/c20-18(21)25-14-7-3-2-6-12(14)13-10-26-19(22-13)23-17(24)16-9-11-5-1-4-8-15(11)27-16/h1-8,10,16,18H,9H2,(H,22,23,24). The number of benzene rings is 2. The van der Waals surface area contributed by atoms with Gasteiger partial charge in [0.05, 0.1) is 10.9 Å². The van der Waals surface area contributed by atoms with Crippen LogP contribution in [0.2, 0.25) is 0 Å². The van der Waals surface area contributed by atoms with Crippen LogP contribution in [0, 0.1) is 0 Å². The van der Waals surface area contributed by atoms with Gasteiger partial charge < -0.3 is 10.1 Å². The number of anilines is 1. The van der Waals surface area contributed by atoms with E-state index >= 15 is 0 Å². The van der Waals surface area contributed by atoms with Gasteiger partial charge in [-0.05, 0) is 30.2 Å². The molecule has 0 radical (unpaired) electrons. The quantitative estimate of drug-likeness (QED) is 0.645. The van der Waals surface area contributed by atoms with E-state index < -0.39 is 6.61 Å². The van der Waals surface area contributed by atoms with Gasteiger partial charge in [-0.2, -0.15) is 8.78 Å². The first kappa shape index (κ1) is 17.9. The third-order valence-electron chi connectivity index (χ3n) is 4.05. The Labute approximate surface area is 162 Å². The molecule has 1 N–H and O–H groups in total. The topological polar surface area (TPSA) is 51.2 Å². The molecule has 0 fully saturated rings. The number of rotatable bonds is 5. The number of carbonyl (C=O) groups is 1. The van der Waals surface area contributed by atoms with Crippen LogP contribution in [0.4, 0.5) is 13.9 Å². The van der Waals surface area contributed by atoms with E-state index in [4.69, 9.17) is 0 Å². The molecule has 0 spiro atoms. The molecular weight excluding hydrogens is 390 g/mol. The van der Waals surface area contributed by atoms with Crippen molar-refractivity contribution in [3.8, 4) is 17.0 Å². The van der Waals surface area contributed by atoms with Crippen LogP contribution in [0.3, 0.4) is 0 Å². The van der Waals surface area contributed by atoms with Crippen molar-refractivity contribution in [1.82, 2.24) is 4.98 Å². The summed E-state index contributed by atoms with van der Waals surface area (Å²) in [6, 6.07) is 14.4. The highest BCUT2D eigenvalue weighted by Gasteiger charge is 2.28. The Balaban J connectivity index is 1.47. The van der Waals surface area contributed by atoms with E-state index in [-0.39, 0.29) is 16.9 Å². The van der Waals surface area contributed by atoms with Crippen molar-refractivity contribution >= 4 is 34.1 Å². The van der Waals surface area contributed by atoms with Crippen LogP contribution in [-0.2, 0) is 11.2 Å². The van der Waals surface area contributed by atoms with E-state index in [0.29, 0.717) is 22.8 Å². The molecule has 4 rings (SSSR count). The zero-order chi connectivity index (χ0) is 18.8. The van der Waals surface area contributed by atoms with Crippen molar-refractivity contribution in [3.63, 3.8) is 0 Å². The van der Waals surface area contributed by atoms with Gasteiger partial charge in [-0.3, -0.25) is 4.79 Å². The van der Waals surface area contributed by atoms with Gasteiger partial charge in [0.2, 0.25) is 5.91 Å². The van der Waals surface area contributed by atoms with E-state index in [1.807, 2.05) is 24.3 Å². The van der Waals surface area contributed by atoms with Gasteiger partial charge in [-0.25, -0.2) is 4.98 Å². The van der Waals surface area contributed by atoms with E-state index in [9.17, 15) is 13.6 Å². The molecule has 1 unspecified atom stereocenters. The summed E-state index contributed by atoms with van der Waals surface area (Å²) in [5, 5.41) is 4.76. The maximum atomic E-state index is 12.6. The molecule has 0 bridgehead atoms. The second kappa shape index (κ2) is 7.66. The predicted molar refractivity (Wildman–Crippen MR) is 103 cm³/mol. The maximum absolute atomic E-state index is 12.6. The molecule has 1 aromatic heterocycles. The molecule has 0 saturated carbocycles. The first-order valence-corrected chi connectivity index (χ1v) is 9.91. The lowest BCUT2D eigenvalue weighted by Crippen LogP contribution is -2.24. The molecule has 3 aromatic rings. The number of nitrogens with zero attached hydrogens (tertiary/aromatic N) is 1. The monoisotopic (exact) mass is 404 g/mol. The largest absolute Gasteiger partial charge is 0.434 e. The van der Waals surface area contributed by atoms with E-state index in [1.54, 1.807) is 23.6 Å². The fourth-order valence-electron chi connectivity index (χ4n) is 2.85. The number of amides is 1. The molecule has 1 aliphatic rings. The molecule has 4 nitrogen and oxygen atoms in total. The number of alkyl halides is 2. The predicted octanol–water partition coefficient (Wildman–Crippen LogP) is 5.07. The van der Waals surface area contributed by atoms with Gasteiger partial charge in [0, 0.05) is 15.8 Å². The summed E-state index contributed by atoms with van der Waals surface area (Å²) in [6.45, 7) is -2.91. The third kappa shape index (κ3) is 3.96. The van der Waals surface area contributed by atoms with Gasteiger partial charge in [-0.1, -0.05) is 30.3 Å². The van der Waals surface area contributed by atoms with Crippen LogP contribution in [0.1, 0.15) is 5.56 Å². The summed E-state index contributed by atoms with van der Waals surface area (Å²) in [6.07, 6.45) is 0.677. The highest BCUT2D eigenvalue weighted by atomic mass is 32.2. The number of hydrogen-bond donors (Lipinski definition) is 1. The van der Waals surface area contributed by atoms with Crippen molar-refractivity contribution in [2.75, 3.05) is 5.32 Å². The maximum Gasteiger partial charge on any atom is 0.387 e. The van der Waals surface area contributed by atoms with Gasteiger partial charge in [-0.15, -0.1) is 23.1 Å². The van der Waals surface area contributed by atoms with Crippen LogP contribution in [-0.4, -0.2) is 22.8 Å². The SMILES string of the molecule is O=C(Nc1nc(-c2ccccc2OC(F)F)cs1)C1Cc2ccccc2S1. The van der Waals surface area contributed by atoms with Crippen LogP contribution in [0.5, 0.6) is 5.75 Å². The molecule has 1 atom stereocenters. The minimum Gasteiger partial charge on any atom is -0.434 e. The van der Waals surface area contributed by atoms with Crippen molar-refractivity contribution in [1.29, 1.82) is 0 Å². The summed E-state index contributed by atoms with van der Waals surface area (Å²) < 4.78 is 29.7.